The molecule has 3 aromatic rings. The Hall–Kier alpha value is -2.40. The van der Waals surface area contributed by atoms with Gasteiger partial charge in [0.25, 0.3) is 0 Å². The lowest BCUT2D eigenvalue weighted by atomic mass is 10.0. The van der Waals surface area contributed by atoms with Crippen LogP contribution in [0.1, 0.15) is 18.9 Å². The van der Waals surface area contributed by atoms with Gasteiger partial charge >= 0.3 is 0 Å². The van der Waals surface area contributed by atoms with Gasteiger partial charge in [-0.1, -0.05) is 30.3 Å². The maximum atomic E-state index is 11.8. The molecule has 24 heavy (non-hydrogen) atoms. The average molecular weight is 338 g/mol. The van der Waals surface area contributed by atoms with Gasteiger partial charge in [0.15, 0.2) is 9.84 Å². The molecule has 0 aliphatic heterocycles. The zero-order valence-corrected chi connectivity index (χ0v) is 14.2. The van der Waals surface area contributed by atoms with E-state index in [1.54, 1.807) is 18.2 Å². The minimum atomic E-state index is -3.21. The molecule has 122 valence electrons. The lowest BCUT2D eigenvalue weighted by molar-refractivity contribution is 0.602. The van der Waals surface area contributed by atoms with Crippen molar-refractivity contribution >= 4 is 9.84 Å². The maximum absolute atomic E-state index is 11.8. The SMILES string of the molecule is CS(=O)(=O)c1cccc(-c2cccc(-c3nccn3C3CC3)c2)c1. The van der Waals surface area contributed by atoms with Crippen LogP contribution in [-0.4, -0.2) is 24.2 Å². The minimum absolute atomic E-state index is 0.338. The monoisotopic (exact) mass is 338 g/mol. The molecule has 2 aromatic carbocycles. The largest absolute Gasteiger partial charge is 0.328 e. The predicted octanol–water partition coefficient (Wildman–Crippen LogP) is 3.96. The van der Waals surface area contributed by atoms with Crippen LogP contribution in [-0.2, 0) is 9.84 Å². The third kappa shape index (κ3) is 2.87. The fraction of sp³-hybridized carbons (Fsp3) is 0.211. The molecule has 4 rings (SSSR count). The van der Waals surface area contributed by atoms with Crippen LogP contribution in [0.2, 0.25) is 0 Å². The first-order valence-corrected chi connectivity index (χ1v) is 9.85. The number of hydrogen-bond acceptors (Lipinski definition) is 3. The molecule has 1 heterocycles. The van der Waals surface area contributed by atoms with Crippen molar-refractivity contribution in [3.8, 4) is 22.5 Å². The van der Waals surface area contributed by atoms with E-state index in [9.17, 15) is 8.42 Å². The highest BCUT2D eigenvalue weighted by molar-refractivity contribution is 7.90. The van der Waals surface area contributed by atoms with Gasteiger partial charge in [-0.3, -0.25) is 0 Å². The summed E-state index contributed by atoms with van der Waals surface area (Å²) in [5.74, 6) is 0.971. The molecular formula is C19H18N2O2S. The van der Waals surface area contributed by atoms with Crippen molar-refractivity contribution in [1.29, 1.82) is 0 Å². The van der Waals surface area contributed by atoms with Crippen LogP contribution in [0.3, 0.4) is 0 Å². The Bertz CT molecular complexity index is 1000. The van der Waals surface area contributed by atoms with Gasteiger partial charge < -0.3 is 4.57 Å². The summed E-state index contributed by atoms with van der Waals surface area (Å²) < 4.78 is 25.8. The van der Waals surface area contributed by atoms with E-state index in [0.29, 0.717) is 10.9 Å². The molecule has 0 bridgehead atoms. The van der Waals surface area contributed by atoms with Crippen LogP contribution in [0.5, 0.6) is 0 Å². The van der Waals surface area contributed by atoms with Gasteiger partial charge in [-0.25, -0.2) is 13.4 Å². The van der Waals surface area contributed by atoms with E-state index in [1.807, 2.05) is 36.7 Å². The second-order valence-electron chi connectivity index (χ2n) is 6.27. The standard InChI is InChI=1S/C19H18N2O2S/c1-24(22,23)18-7-3-5-15(13-18)14-4-2-6-16(12-14)19-20-10-11-21(19)17-8-9-17/h2-7,10-13,17H,8-9H2,1H3. The number of rotatable bonds is 4. The van der Waals surface area contributed by atoms with Crippen molar-refractivity contribution in [2.24, 2.45) is 0 Å². The van der Waals surface area contributed by atoms with Crippen molar-refractivity contribution in [2.45, 2.75) is 23.8 Å². The van der Waals surface area contributed by atoms with Gasteiger partial charge in [0.1, 0.15) is 5.82 Å². The van der Waals surface area contributed by atoms with Crippen LogP contribution in [0.25, 0.3) is 22.5 Å². The van der Waals surface area contributed by atoms with Gasteiger partial charge in [0.2, 0.25) is 0 Å². The quantitative estimate of drug-likeness (QED) is 0.723. The summed E-state index contributed by atoms with van der Waals surface area (Å²) in [4.78, 5) is 4.84. The van der Waals surface area contributed by atoms with Gasteiger partial charge in [-0.15, -0.1) is 0 Å². The van der Waals surface area contributed by atoms with E-state index in [0.717, 1.165) is 22.5 Å². The van der Waals surface area contributed by atoms with Gasteiger partial charge in [0.05, 0.1) is 4.90 Å². The number of aromatic nitrogens is 2. The summed E-state index contributed by atoms with van der Waals surface area (Å²) in [5, 5.41) is 0. The maximum Gasteiger partial charge on any atom is 0.175 e. The highest BCUT2D eigenvalue weighted by atomic mass is 32.2. The molecule has 1 aliphatic carbocycles. The average Bonchev–Trinajstić information content (AvgIpc) is 3.31. The molecule has 1 fully saturated rings. The van der Waals surface area contributed by atoms with E-state index in [4.69, 9.17) is 0 Å². The summed E-state index contributed by atoms with van der Waals surface area (Å²) in [5.41, 5.74) is 2.93. The second-order valence-corrected chi connectivity index (χ2v) is 8.29. The predicted molar refractivity (Wildman–Crippen MR) is 94.5 cm³/mol. The van der Waals surface area contributed by atoms with E-state index in [-0.39, 0.29) is 0 Å². The number of imidazole rings is 1. The normalized spacial score (nSPS) is 14.7. The van der Waals surface area contributed by atoms with Crippen LogP contribution in [0.15, 0.2) is 65.8 Å². The van der Waals surface area contributed by atoms with Crippen LogP contribution in [0.4, 0.5) is 0 Å². The Labute approximate surface area is 141 Å². The highest BCUT2D eigenvalue weighted by Gasteiger charge is 2.25. The molecule has 1 aromatic heterocycles. The Balaban J connectivity index is 1.77. The second kappa shape index (κ2) is 5.60. The van der Waals surface area contributed by atoms with Crippen molar-refractivity contribution in [1.82, 2.24) is 9.55 Å². The zero-order valence-electron chi connectivity index (χ0n) is 13.4. The molecule has 1 saturated carbocycles. The van der Waals surface area contributed by atoms with Crippen LogP contribution in [0, 0.1) is 0 Å². The lowest BCUT2D eigenvalue weighted by Gasteiger charge is -2.09. The minimum Gasteiger partial charge on any atom is -0.328 e. The van der Waals surface area contributed by atoms with Gasteiger partial charge in [0, 0.05) is 30.3 Å². The molecule has 0 amide bonds. The topological polar surface area (TPSA) is 52.0 Å². The van der Waals surface area contributed by atoms with Crippen molar-refractivity contribution in [3.05, 3.63) is 60.9 Å². The smallest absolute Gasteiger partial charge is 0.175 e. The summed E-state index contributed by atoms with van der Waals surface area (Å²) in [7, 11) is -3.21. The molecule has 4 nitrogen and oxygen atoms in total. The number of sulfone groups is 1. The van der Waals surface area contributed by atoms with Crippen molar-refractivity contribution < 1.29 is 8.42 Å². The molecule has 5 heteroatoms. The summed E-state index contributed by atoms with van der Waals surface area (Å²) in [6.07, 6.45) is 7.52. The molecule has 0 N–H and O–H groups in total. The van der Waals surface area contributed by atoms with Crippen LogP contribution < -0.4 is 0 Å². The third-order valence-corrected chi connectivity index (χ3v) is 5.44. The number of nitrogens with zero attached hydrogens (tertiary/aromatic N) is 2. The highest BCUT2D eigenvalue weighted by Crippen LogP contribution is 2.38. The van der Waals surface area contributed by atoms with E-state index >= 15 is 0 Å². The number of benzene rings is 2. The molecule has 0 radical (unpaired) electrons. The Morgan fingerprint density at radius 3 is 2.38 bits per heavy atom. The fourth-order valence-corrected chi connectivity index (χ4v) is 3.59. The molecule has 0 spiro atoms. The first kappa shape index (κ1) is 15.1. The van der Waals surface area contributed by atoms with Crippen molar-refractivity contribution in [2.75, 3.05) is 6.26 Å². The molecule has 0 atom stereocenters. The number of hydrogen-bond donors (Lipinski definition) is 0. The van der Waals surface area contributed by atoms with E-state index in [1.165, 1.54) is 19.1 Å². The fourth-order valence-electron chi connectivity index (χ4n) is 2.93. The molecule has 0 saturated heterocycles. The van der Waals surface area contributed by atoms with E-state index in [2.05, 4.69) is 15.6 Å². The first-order chi connectivity index (χ1) is 11.5. The Morgan fingerprint density at radius 1 is 1.00 bits per heavy atom. The summed E-state index contributed by atoms with van der Waals surface area (Å²) in [6.45, 7) is 0. The molecule has 1 aliphatic rings. The molecule has 0 unspecified atom stereocenters. The van der Waals surface area contributed by atoms with Crippen LogP contribution >= 0.6 is 0 Å². The van der Waals surface area contributed by atoms with E-state index < -0.39 is 9.84 Å². The Kier molecular flexibility index (Phi) is 3.53. The molecular weight excluding hydrogens is 320 g/mol. The Morgan fingerprint density at radius 2 is 1.67 bits per heavy atom. The summed E-state index contributed by atoms with van der Waals surface area (Å²) in [6, 6.07) is 15.7. The zero-order chi connectivity index (χ0) is 16.7. The third-order valence-electron chi connectivity index (χ3n) is 4.33. The van der Waals surface area contributed by atoms with Gasteiger partial charge in [-0.2, -0.15) is 0 Å². The summed E-state index contributed by atoms with van der Waals surface area (Å²) >= 11 is 0. The lowest BCUT2D eigenvalue weighted by Crippen LogP contribution is -1.97. The van der Waals surface area contributed by atoms with Gasteiger partial charge in [-0.05, 0) is 42.2 Å². The first-order valence-electron chi connectivity index (χ1n) is 7.96. The van der Waals surface area contributed by atoms with Crippen molar-refractivity contribution in [3.63, 3.8) is 0 Å².